The maximum atomic E-state index is 13.7. The lowest BCUT2D eigenvalue weighted by Gasteiger charge is -2.08. The Labute approximate surface area is 168 Å². The lowest BCUT2D eigenvalue weighted by molar-refractivity contribution is -0.116. The van der Waals surface area contributed by atoms with Crippen LogP contribution in [0.5, 0.6) is 0 Å². The third-order valence-corrected chi connectivity index (χ3v) is 4.57. The van der Waals surface area contributed by atoms with Crippen LogP contribution in [0.25, 0.3) is 23.0 Å². The second-order valence-corrected chi connectivity index (χ2v) is 6.90. The van der Waals surface area contributed by atoms with Gasteiger partial charge in [0.2, 0.25) is 11.7 Å². The summed E-state index contributed by atoms with van der Waals surface area (Å²) < 4.78 is 21.7. The van der Waals surface area contributed by atoms with Gasteiger partial charge >= 0.3 is 0 Å². The van der Waals surface area contributed by atoms with Crippen LogP contribution < -0.4 is 5.32 Å². The lowest BCUT2D eigenvalue weighted by Crippen LogP contribution is -2.19. The van der Waals surface area contributed by atoms with Gasteiger partial charge in [0, 0.05) is 16.2 Å². The van der Waals surface area contributed by atoms with E-state index in [4.69, 9.17) is 4.52 Å². The molecule has 0 saturated heterocycles. The van der Waals surface area contributed by atoms with E-state index in [1.165, 1.54) is 12.1 Å². The van der Waals surface area contributed by atoms with Gasteiger partial charge in [-0.15, -0.1) is 0 Å². The van der Waals surface area contributed by atoms with Gasteiger partial charge in [-0.05, 0) is 48.5 Å². The quantitative estimate of drug-likeness (QED) is 0.486. The Kier molecular flexibility index (Phi) is 5.03. The van der Waals surface area contributed by atoms with Crippen molar-refractivity contribution < 1.29 is 13.7 Å². The molecule has 0 spiro atoms. The van der Waals surface area contributed by atoms with E-state index in [0.717, 1.165) is 10.0 Å². The van der Waals surface area contributed by atoms with Crippen molar-refractivity contribution in [1.29, 1.82) is 0 Å². The molecule has 2 heterocycles. The number of rotatable bonds is 5. The first-order valence-electron chi connectivity index (χ1n) is 8.40. The molecule has 1 amide bonds. The van der Waals surface area contributed by atoms with Gasteiger partial charge in [-0.3, -0.25) is 4.79 Å². The Morgan fingerprint density at radius 3 is 2.68 bits per heavy atom. The second-order valence-electron chi connectivity index (χ2n) is 5.98. The van der Waals surface area contributed by atoms with Crippen molar-refractivity contribution in [2.24, 2.45) is 0 Å². The van der Waals surface area contributed by atoms with E-state index in [2.05, 4.69) is 31.4 Å². The van der Waals surface area contributed by atoms with Crippen LogP contribution in [0.3, 0.4) is 0 Å². The normalized spacial score (nSPS) is 10.8. The van der Waals surface area contributed by atoms with Gasteiger partial charge in [0.25, 0.3) is 5.89 Å². The Hall–Kier alpha value is -3.26. The van der Waals surface area contributed by atoms with E-state index in [0.29, 0.717) is 17.4 Å². The number of carbonyl (C=O) groups is 1. The SMILES string of the molecule is O=C(Cn1cccc1-c1nc(-c2ccc(Br)cc2)no1)Nc1ccccc1F. The Morgan fingerprint density at radius 2 is 1.89 bits per heavy atom. The number of halogens is 2. The van der Waals surface area contributed by atoms with Crippen LogP contribution in [0.4, 0.5) is 10.1 Å². The second kappa shape index (κ2) is 7.77. The molecule has 2 aromatic carbocycles. The number of aromatic nitrogens is 3. The predicted octanol–water partition coefficient (Wildman–Crippen LogP) is 4.75. The van der Waals surface area contributed by atoms with Crippen molar-refractivity contribution in [2.75, 3.05) is 5.32 Å². The molecular formula is C20H14BrFN4O2. The number of nitrogens with zero attached hydrogens (tertiary/aromatic N) is 3. The van der Waals surface area contributed by atoms with Crippen LogP contribution >= 0.6 is 15.9 Å². The number of benzene rings is 2. The molecule has 0 aliphatic carbocycles. The van der Waals surface area contributed by atoms with Crippen molar-refractivity contribution >= 4 is 27.5 Å². The van der Waals surface area contributed by atoms with Crippen LogP contribution in [-0.2, 0) is 11.3 Å². The molecule has 0 bridgehead atoms. The third-order valence-electron chi connectivity index (χ3n) is 4.04. The fourth-order valence-corrected chi connectivity index (χ4v) is 2.96. The fraction of sp³-hybridized carbons (Fsp3) is 0.0500. The molecule has 8 heteroatoms. The van der Waals surface area contributed by atoms with Gasteiger partial charge in [0.05, 0.1) is 5.69 Å². The molecule has 0 aliphatic heterocycles. The molecule has 0 aliphatic rings. The smallest absolute Gasteiger partial charge is 0.274 e. The van der Waals surface area contributed by atoms with Gasteiger partial charge in [-0.25, -0.2) is 4.39 Å². The maximum Gasteiger partial charge on any atom is 0.274 e. The lowest BCUT2D eigenvalue weighted by atomic mass is 10.2. The van der Waals surface area contributed by atoms with Crippen LogP contribution in [0.15, 0.2) is 75.9 Å². The highest BCUT2D eigenvalue weighted by molar-refractivity contribution is 9.10. The molecule has 2 aromatic heterocycles. The van der Waals surface area contributed by atoms with Gasteiger partial charge in [-0.2, -0.15) is 4.98 Å². The summed E-state index contributed by atoms with van der Waals surface area (Å²) >= 11 is 3.39. The first kappa shape index (κ1) is 18.1. The van der Waals surface area contributed by atoms with Gasteiger partial charge in [-0.1, -0.05) is 33.2 Å². The van der Waals surface area contributed by atoms with Gasteiger partial charge < -0.3 is 14.4 Å². The van der Waals surface area contributed by atoms with Crippen LogP contribution in [0, 0.1) is 5.82 Å². The summed E-state index contributed by atoms with van der Waals surface area (Å²) in [5.41, 5.74) is 1.55. The van der Waals surface area contributed by atoms with Crippen LogP contribution in [0.1, 0.15) is 0 Å². The monoisotopic (exact) mass is 440 g/mol. The Morgan fingerprint density at radius 1 is 1.11 bits per heavy atom. The summed E-state index contributed by atoms with van der Waals surface area (Å²) in [6, 6.07) is 17.1. The zero-order valence-electron chi connectivity index (χ0n) is 14.5. The van der Waals surface area contributed by atoms with Crippen LogP contribution in [-0.4, -0.2) is 20.6 Å². The number of anilines is 1. The molecule has 28 heavy (non-hydrogen) atoms. The molecule has 4 aromatic rings. The number of carbonyl (C=O) groups excluding carboxylic acids is 1. The molecule has 0 radical (unpaired) electrons. The summed E-state index contributed by atoms with van der Waals surface area (Å²) in [5, 5.41) is 6.56. The van der Waals surface area contributed by atoms with Crippen molar-refractivity contribution in [3.8, 4) is 23.0 Å². The average Bonchev–Trinajstić information content (AvgIpc) is 3.33. The molecule has 0 fully saturated rings. The number of hydrogen-bond acceptors (Lipinski definition) is 4. The van der Waals surface area contributed by atoms with Crippen molar-refractivity contribution in [3.63, 3.8) is 0 Å². The summed E-state index contributed by atoms with van der Waals surface area (Å²) in [7, 11) is 0. The molecule has 0 unspecified atom stereocenters. The Balaban J connectivity index is 1.52. The molecular weight excluding hydrogens is 427 g/mol. The summed E-state index contributed by atoms with van der Waals surface area (Å²) in [4.78, 5) is 16.7. The van der Waals surface area contributed by atoms with Crippen molar-refractivity contribution in [1.82, 2.24) is 14.7 Å². The number of hydrogen-bond donors (Lipinski definition) is 1. The highest BCUT2D eigenvalue weighted by Gasteiger charge is 2.16. The molecule has 0 atom stereocenters. The standard InChI is InChI=1S/C20H14BrFN4O2/c21-14-9-7-13(8-10-14)19-24-20(28-25-19)17-6-3-11-26(17)12-18(27)23-16-5-2-1-4-15(16)22/h1-11H,12H2,(H,23,27). The molecule has 4 rings (SSSR count). The first-order valence-corrected chi connectivity index (χ1v) is 9.19. The zero-order chi connectivity index (χ0) is 19.5. The number of nitrogens with one attached hydrogen (secondary N) is 1. The average molecular weight is 441 g/mol. The number of para-hydroxylation sites is 1. The minimum absolute atomic E-state index is 0.0212. The summed E-state index contributed by atoms with van der Waals surface area (Å²) in [5.74, 6) is -0.109. The fourth-order valence-electron chi connectivity index (χ4n) is 2.70. The van der Waals surface area contributed by atoms with E-state index < -0.39 is 5.82 Å². The van der Waals surface area contributed by atoms with Gasteiger partial charge in [0.15, 0.2) is 0 Å². The first-order chi connectivity index (χ1) is 13.6. The topological polar surface area (TPSA) is 73.0 Å². The third kappa shape index (κ3) is 3.86. The van der Waals surface area contributed by atoms with E-state index in [9.17, 15) is 9.18 Å². The van der Waals surface area contributed by atoms with Crippen LogP contribution in [0.2, 0.25) is 0 Å². The molecule has 6 nitrogen and oxygen atoms in total. The van der Waals surface area contributed by atoms with E-state index in [-0.39, 0.29) is 18.1 Å². The number of amides is 1. The highest BCUT2D eigenvalue weighted by Crippen LogP contribution is 2.24. The maximum absolute atomic E-state index is 13.7. The van der Waals surface area contributed by atoms with Crippen molar-refractivity contribution in [2.45, 2.75) is 6.54 Å². The zero-order valence-corrected chi connectivity index (χ0v) is 16.1. The summed E-state index contributed by atoms with van der Waals surface area (Å²) in [6.45, 7) is -0.0212. The largest absolute Gasteiger partial charge is 0.334 e. The molecule has 1 N–H and O–H groups in total. The van der Waals surface area contributed by atoms with E-state index >= 15 is 0 Å². The summed E-state index contributed by atoms with van der Waals surface area (Å²) in [6.07, 6.45) is 1.72. The molecule has 0 saturated carbocycles. The highest BCUT2D eigenvalue weighted by atomic mass is 79.9. The van der Waals surface area contributed by atoms with E-state index in [1.54, 1.807) is 35.0 Å². The minimum atomic E-state index is -0.486. The van der Waals surface area contributed by atoms with Gasteiger partial charge in [0.1, 0.15) is 18.1 Å². The molecule has 140 valence electrons. The van der Waals surface area contributed by atoms with Crippen molar-refractivity contribution in [3.05, 3.63) is 77.2 Å². The van der Waals surface area contributed by atoms with E-state index in [1.807, 2.05) is 24.3 Å². The minimum Gasteiger partial charge on any atom is -0.334 e. The predicted molar refractivity (Wildman–Crippen MR) is 106 cm³/mol. The Bertz CT molecular complexity index is 1120.